The Morgan fingerprint density at radius 3 is 1.84 bits per heavy atom. The van der Waals surface area contributed by atoms with Gasteiger partial charge in [0, 0.05) is 6.04 Å². The van der Waals surface area contributed by atoms with Crippen molar-refractivity contribution in [2.24, 2.45) is 0 Å². The minimum atomic E-state index is -0.455. The number of ether oxygens (including phenoxy) is 2. The van der Waals surface area contributed by atoms with Crippen LogP contribution in [0.15, 0.2) is 0 Å². The van der Waals surface area contributed by atoms with E-state index in [9.17, 15) is 9.59 Å². The van der Waals surface area contributed by atoms with Crippen LogP contribution in [0, 0.1) is 0 Å². The standard InChI is InChI=1S/C20H39NO4/c1-4-6-8-10-11-12-14-15-24-19(22)17-18(3)21-20(23)25-16-13-9-7-5-2/h18H,4-17H2,1-3H3,(H,21,23). The van der Waals surface area contributed by atoms with Crippen molar-refractivity contribution in [1.82, 2.24) is 5.32 Å². The third-order valence-electron chi connectivity index (χ3n) is 4.08. The van der Waals surface area contributed by atoms with Gasteiger partial charge in [0.15, 0.2) is 0 Å². The Hall–Kier alpha value is -1.26. The Bertz CT molecular complexity index is 334. The van der Waals surface area contributed by atoms with Crippen LogP contribution in [0.4, 0.5) is 4.79 Å². The van der Waals surface area contributed by atoms with Gasteiger partial charge in [-0.25, -0.2) is 4.79 Å². The van der Waals surface area contributed by atoms with Gasteiger partial charge in [-0.05, 0) is 19.8 Å². The van der Waals surface area contributed by atoms with Gasteiger partial charge < -0.3 is 14.8 Å². The molecule has 0 saturated heterocycles. The third kappa shape index (κ3) is 17.4. The van der Waals surface area contributed by atoms with Gasteiger partial charge in [-0.2, -0.15) is 0 Å². The van der Waals surface area contributed by atoms with Crippen LogP contribution >= 0.6 is 0 Å². The summed E-state index contributed by atoms with van der Waals surface area (Å²) in [6.07, 6.45) is 12.4. The van der Waals surface area contributed by atoms with E-state index in [2.05, 4.69) is 19.2 Å². The lowest BCUT2D eigenvalue weighted by Crippen LogP contribution is -2.35. The maximum atomic E-state index is 11.7. The second-order valence-corrected chi connectivity index (χ2v) is 6.79. The highest BCUT2D eigenvalue weighted by molar-refractivity contribution is 5.72. The monoisotopic (exact) mass is 357 g/mol. The number of hydrogen-bond acceptors (Lipinski definition) is 4. The van der Waals surface area contributed by atoms with Crippen LogP contribution in [-0.4, -0.2) is 31.3 Å². The summed E-state index contributed by atoms with van der Waals surface area (Å²) in [5.41, 5.74) is 0. The maximum absolute atomic E-state index is 11.7. The van der Waals surface area contributed by atoms with E-state index in [1.165, 1.54) is 32.1 Å². The van der Waals surface area contributed by atoms with Crippen molar-refractivity contribution < 1.29 is 19.1 Å². The van der Waals surface area contributed by atoms with E-state index in [0.717, 1.165) is 38.5 Å². The average molecular weight is 358 g/mol. The highest BCUT2D eigenvalue weighted by Gasteiger charge is 2.13. The van der Waals surface area contributed by atoms with E-state index in [4.69, 9.17) is 9.47 Å². The van der Waals surface area contributed by atoms with Crippen molar-refractivity contribution in [3.8, 4) is 0 Å². The molecule has 0 rings (SSSR count). The van der Waals surface area contributed by atoms with E-state index in [-0.39, 0.29) is 18.4 Å². The second-order valence-electron chi connectivity index (χ2n) is 6.79. The van der Waals surface area contributed by atoms with Gasteiger partial charge in [-0.1, -0.05) is 71.6 Å². The van der Waals surface area contributed by atoms with E-state index < -0.39 is 6.09 Å². The van der Waals surface area contributed by atoms with Crippen molar-refractivity contribution in [3.05, 3.63) is 0 Å². The lowest BCUT2D eigenvalue weighted by molar-refractivity contribution is -0.144. The third-order valence-corrected chi connectivity index (χ3v) is 4.08. The van der Waals surface area contributed by atoms with E-state index in [1.54, 1.807) is 6.92 Å². The minimum Gasteiger partial charge on any atom is -0.466 e. The first kappa shape index (κ1) is 23.7. The molecule has 0 aromatic heterocycles. The summed E-state index contributed by atoms with van der Waals surface area (Å²) >= 11 is 0. The van der Waals surface area contributed by atoms with Crippen LogP contribution in [0.3, 0.4) is 0 Å². The minimum absolute atomic E-state index is 0.182. The van der Waals surface area contributed by atoms with Crippen LogP contribution in [-0.2, 0) is 14.3 Å². The molecule has 5 nitrogen and oxygen atoms in total. The molecule has 0 saturated carbocycles. The number of nitrogens with one attached hydrogen (secondary N) is 1. The fourth-order valence-corrected chi connectivity index (χ4v) is 2.54. The molecule has 1 amide bonds. The van der Waals surface area contributed by atoms with Crippen molar-refractivity contribution >= 4 is 12.1 Å². The summed E-state index contributed by atoms with van der Waals surface area (Å²) < 4.78 is 10.3. The average Bonchev–Trinajstić information content (AvgIpc) is 2.56. The maximum Gasteiger partial charge on any atom is 0.407 e. The van der Waals surface area contributed by atoms with Gasteiger partial charge in [-0.15, -0.1) is 0 Å². The molecule has 0 heterocycles. The van der Waals surface area contributed by atoms with Crippen LogP contribution in [0.5, 0.6) is 0 Å². The fourth-order valence-electron chi connectivity index (χ4n) is 2.54. The molecule has 1 N–H and O–H groups in total. The first-order valence-corrected chi connectivity index (χ1v) is 10.2. The highest BCUT2D eigenvalue weighted by Crippen LogP contribution is 2.07. The number of alkyl carbamates (subject to hydrolysis) is 1. The SMILES string of the molecule is CCCCCCCCCOC(=O)CC(C)NC(=O)OCCCCCC. The largest absolute Gasteiger partial charge is 0.466 e. The molecule has 1 atom stereocenters. The van der Waals surface area contributed by atoms with E-state index >= 15 is 0 Å². The summed E-state index contributed by atoms with van der Waals surface area (Å²) in [7, 11) is 0. The molecule has 0 aromatic carbocycles. The normalized spacial score (nSPS) is 11.8. The number of hydrogen-bond donors (Lipinski definition) is 1. The summed E-state index contributed by atoms with van der Waals surface area (Å²) in [4.78, 5) is 23.3. The van der Waals surface area contributed by atoms with E-state index in [1.807, 2.05) is 0 Å². The summed E-state index contributed by atoms with van der Waals surface area (Å²) in [6.45, 7) is 7.04. The topological polar surface area (TPSA) is 64.6 Å². The van der Waals surface area contributed by atoms with Crippen molar-refractivity contribution in [2.45, 2.75) is 104 Å². The zero-order valence-electron chi connectivity index (χ0n) is 16.6. The number of unbranched alkanes of at least 4 members (excludes halogenated alkanes) is 9. The first-order valence-electron chi connectivity index (χ1n) is 10.2. The first-order chi connectivity index (χ1) is 12.1. The predicted octanol–water partition coefficient (Wildman–Crippen LogP) is 5.37. The van der Waals surface area contributed by atoms with Crippen LogP contribution < -0.4 is 5.32 Å². The van der Waals surface area contributed by atoms with Gasteiger partial charge in [0.2, 0.25) is 0 Å². The van der Waals surface area contributed by atoms with Gasteiger partial charge in [0.05, 0.1) is 19.6 Å². The number of carbonyl (C=O) groups is 2. The number of esters is 1. The predicted molar refractivity (Wildman–Crippen MR) is 102 cm³/mol. The molecule has 1 unspecified atom stereocenters. The Labute approximate surface area is 154 Å². The molecule has 0 aromatic rings. The smallest absolute Gasteiger partial charge is 0.407 e. The lowest BCUT2D eigenvalue weighted by Gasteiger charge is -2.13. The van der Waals surface area contributed by atoms with Gasteiger partial charge in [-0.3, -0.25) is 4.79 Å². The van der Waals surface area contributed by atoms with Crippen molar-refractivity contribution in [2.75, 3.05) is 13.2 Å². The Balaban J connectivity index is 3.53. The summed E-state index contributed by atoms with van der Waals surface area (Å²) in [5.74, 6) is -0.262. The molecule has 0 bridgehead atoms. The Morgan fingerprint density at radius 2 is 1.24 bits per heavy atom. The highest BCUT2D eigenvalue weighted by atomic mass is 16.5. The lowest BCUT2D eigenvalue weighted by atomic mass is 10.1. The Morgan fingerprint density at radius 1 is 0.760 bits per heavy atom. The van der Waals surface area contributed by atoms with Crippen LogP contribution in [0.25, 0.3) is 0 Å². The van der Waals surface area contributed by atoms with Gasteiger partial charge in [0.25, 0.3) is 0 Å². The van der Waals surface area contributed by atoms with Crippen molar-refractivity contribution in [1.29, 1.82) is 0 Å². The van der Waals surface area contributed by atoms with E-state index in [0.29, 0.717) is 13.2 Å². The van der Waals surface area contributed by atoms with Crippen molar-refractivity contribution in [3.63, 3.8) is 0 Å². The summed E-state index contributed by atoms with van der Waals surface area (Å²) in [5, 5.41) is 2.67. The zero-order valence-corrected chi connectivity index (χ0v) is 16.6. The quantitative estimate of drug-likeness (QED) is 0.298. The molecule has 0 aliphatic heterocycles. The van der Waals surface area contributed by atoms with Crippen LogP contribution in [0.1, 0.15) is 97.8 Å². The molecular weight excluding hydrogens is 318 g/mol. The van der Waals surface area contributed by atoms with Crippen LogP contribution in [0.2, 0.25) is 0 Å². The molecule has 0 spiro atoms. The number of rotatable bonds is 16. The Kier molecular flexibility index (Phi) is 16.7. The number of amides is 1. The van der Waals surface area contributed by atoms with Gasteiger partial charge >= 0.3 is 12.1 Å². The van der Waals surface area contributed by atoms with Gasteiger partial charge in [0.1, 0.15) is 0 Å². The molecule has 0 radical (unpaired) electrons. The number of carbonyl (C=O) groups excluding carboxylic acids is 2. The molecule has 0 aliphatic rings. The zero-order chi connectivity index (χ0) is 18.8. The summed E-state index contributed by atoms with van der Waals surface area (Å²) in [6, 6.07) is -0.273. The molecule has 0 aliphatic carbocycles. The molecule has 5 heteroatoms. The second kappa shape index (κ2) is 17.6. The molecule has 0 fully saturated rings. The molecule has 148 valence electrons. The molecule has 25 heavy (non-hydrogen) atoms. The fraction of sp³-hybridized carbons (Fsp3) is 0.900. The molecular formula is C20H39NO4.